The van der Waals surface area contributed by atoms with Crippen LogP contribution >= 0.6 is 22.6 Å². The molecule has 0 aromatic carbocycles. The summed E-state index contributed by atoms with van der Waals surface area (Å²) in [6.07, 6.45) is 9.71. The van der Waals surface area contributed by atoms with Gasteiger partial charge in [0, 0.05) is 11.0 Å². The molecular weight excluding hydrogens is 303 g/mol. The molecule has 15 heavy (non-hydrogen) atoms. The van der Waals surface area contributed by atoms with E-state index < -0.39 is 0 Å². The number of rotatable bonds is 11. The van der Waals surface area contributed by atoms with E-state index in [0.29, 0.717) is 0 Å². The molecule has 0 N–H and O–H groups in total. The van der Waals surface area contributed by atoms with E-state index in [2.05, 4.69) is 29.5 Å². The van der Waals surface area contributed by atoms with Gasteiger partial charge in [-0.15, -0.1) is 0 Å². The first-order valence-electron chi connectivity index (χ1n) is 5.98. The monoisotopic (exact) mass is 326 g/mol. The lowest BCUT2D eigenvalue weighted by Gasteiger charge is -2.08. The highest BCUT2D eigenvalue weighted by Crippen LogP contribution is 2.07. The van der Waals surface area contributed by atoms with Crippen molar-refractivity contribution in [3.05, 3.63) is 0 Å². The Balaban J connectivity index is 3.07. The Morgan fingerprint density at radius 2 is 1.73 bits per heavy atom. The van der Waals surface area contributed by atoms with Crippen LogP contribution in [0.2, 0.25) is 0 Å². The third kappa shape index (κ3) is 10.6. The van der Waals surface area contributed by atoms with Crippen LogP contribution in [-0.4, -0.2) is 23.4 Å². The summed E-state index contributed by atoms with van der Waals surface area (Å²) in [6.45, 7) is 2.97. The molecule has 0 aliphatic heterocycles. The highest BCUT2D eigenvalue weighted by molar-refractivity contribution is 14.1. The fraction of sp³-hybridized carbons (Fsp3) is 0.917. The molecule has 0 unspecified atom stereocenters. The van der Waals surface area contributed by atoms with Gasteiger partial charge in [0.2, 0.25) is 0 Å². The molecule has 0 aromatic rings. The van der Waals surface area contributed by atoms with Crippen LogP contribution in [0.15, 0.2) is 0 Å². The van der Waals surface area contributed by atoms with Crippen LogP contribution in [0, 0.1) is 0 Å². The van der Waals surface area contributed by atoms with Gasteiger partial charge in [-0.05, 0) is 6.42 Å². The first kappa shape index (κ1) is 15.4. The van der Waals surface area contributed by atoms with Crippen molar-refractivity contribution in [3.63, 3.8) is 0 Å². The van der Waals surface area contributed by atoms with Gasteiger partial charge in [0.15, 0.2) is 0 Å². The van der Waals surface area contributed by atoms with Crippen molar-refractivity contribution in [2.75, 3.05) is 11.0 Å². The predicted octanol–water partition coefficient (Wildman–Crippen LogP) is 3.76. The van der Waals surface area contributed by atoms with Gasteiger partial charge in [0.05, 0.1) is 0 Å². The van der Waals surface area contributed by atoms with E-state index in [4.69, 9.17) is 4.74 Å². The molecule has 90 valence electrons. The van der Waals surface area contributed by atoms with Gasteiger partial charge in [0.25, 0.3) is 0 Å². The molecule has 0 saturated carbocycles. The lowest BCUT2D eigenvalue weighted by molar-refractivity contribution is -0.116. The zero-order valence-electron chi connectivity index (χ0n) is 9.71. The highest BCUT2D eigenvalue weighted by Gasteiger charge is 2.03. The third-order valence-electron chi connectivity index (χ3n) is 2.38. The van der Waals surface area contributed by atoms with Crippen LogP contribution < -0.4 is 0 Å². The van der Waals surface area contributed by atoms with Crippen LogP contribution in [0.3, 0.4) is 0 Å². The largest absolute Gasteiger partial charge is 0.370 e. The third-order valence-corrected chi connectivity index (χ3v) is 3.25. The maximum absolute atomic E-state index is 10.4. The van der Waals surface area contributed by atoms with Crippen LogP contribution in [-0.2, 0) is 9.53 Å². The Hall–Kier alpha value is 0.360. The Labute approximate surface area is 107 Å². The molecule has 0 saturated heterocycles. The number of carbonyl (C=O) groups is 1. The van der Waals surface area contributed by atoms with E-state index in [1.165, 1.54) is 38.5 Å². The Morgan fingerprint density at radius 1 is 1.13 bits per heavy atom. The summed E-state index contributed by atoms with van der Waals surface area (Å²) in [6, 6.07) is 0. The van der Waals surface area contributed by atoms with E-state index >= 15 is 0 Å². The second-order valence-electron chi connectivity index (χ2n) is 3.82. The van der Waals surface area contributed by atoms with Crippen molar-refractivity contribution >= 4 is 28.9 Å². The minimum Gasteiger partial charge on any atom is -0.370 e. The van der Waals surface area contributed by atoms with Crippen molar-refractivity contribution in [1.29, 1.82) is 0 Å². The molecule has 2 nitrogen and oxygen atoms in total. The molecule has 0 aliphatic rings. The van der Waals surface area contributed by atoms with Crippen molar-refractivity contribution in [2.24, 2.45) is 0 Å². The van der Waals surface area contributed by atoms with Crippen LogP contribution in [0.1, 0.15) is 51.9 Å². The second-order valence-corrected chi connectivity index (χ2v) is 4.70. The summed E-state index contributed by atoms with van der Waals surface area (Å²) in [5, 5.41) is 0. The summed E-state index contributed by atoms with van der Waals surface area (Å²) >= 11 is 2.18. The standard InChI is InChI=1S/C12H23IO2/c1-2-3-4-5-6-7-8-9-15-12(10-13)11-14/h11-12H,2-10H2,1H3/t12-/m0/s1. The number of ether oxygens (including phenoxy) is 1. The first-order valence-corrected chi connectivity index (χ1v) is 7.50. The SMILES string of the molecule is CCCCCCCCCO[C@H](C=O)CI. The van der Waals surface area contributed by atoms with Gasteiger partial charge in [0.1, 0.15) is 12.4 Å². The second kappa shape index (κ2) is 12.4. The average Bonchev–Trinajstić information content (AvgIpc) is 2.27. The molecular formula is C12H23IO2. The van der Waals surface area contributed by atoms with Crippen LogP contribution in [0.5, 0.6) is 0 Å². The lowest BCUT2D eigenvalue weighted by atomic mass is 10.1. The molecule has 3 heteroatoms. The minimum atomic E-state index is -0.189. The predicted molar refractivity (Wildman–Crippen MR) is 72.7 cm³/mol. The average molecular weight is 326 g/mol. The van der Waals surface area contributed by atoms with Crippen molar-refractivity contribution in [3.8, 4) is 0 Å². The number of alkyl halides is 1. The molecule has 0 spiro atoms. The lowest BCUT2D eigenvalue weighted by Crippen LogP contribution is -2.16. The minimum absolute atomic E-state index is 0.189. The molecule has 1 atom stereocenters. The molecule has 0 fully saturated rings. The van der Waals surface area contributed by atoms with Crippen LogP contribution in [0.4, 0.5) is 0 Å². The van der Waals surface area contributed by atoms with E-state index in [1.807, 2.05) is 0 Å². The summed E-state index contributed by atoms with van der Waals surface area (Å²) in [7, 11) is 0. The molecule has 0 rings (SSSR count). The number of carbonyl (C=O) groups excluding carboxylic acids is 1. The maximum atomic E-state index is 10.4. The summed E-state index contributed by atoms with van der Waals surface area (Å²) in [4.78, 5) is 10.4. The van der Waals surface area contributed by atoms with Gasteiger partial charge >= 0.3 is 0 Å². The Bertz CT molecular complexity index is 140. The fourth-order valence-corrected chi connectivity index (χ4v) is 1.88. The number of unbranched alkanes of at least 4 members (excludes halogenated alkanes) is 6. The molecule has 0 radical (unpaired) electrons. The number of hydrogen-bond acceptors (Lipinski definition) is 2. The van der Waals surface area contributed by atoms with E-state index in [9.17, 15) is 4.79 Å². The molecule has 0 aromatic heterocycles. The van der Waals surface area contributed by atoms with Gasteiger partial charge in [-0.2, -0.15) is 0 Å². The van der Waals surface area contributed by atoms with Gasteiger partial charge in [-0.1, -0.05) is 68.0 Å². The van der Waals surface area contributed by atoms with Crippen molar-refractivity contribution in [2.45, 2.75) is 58.0 Å². The maximum Gasteiger partial charge on any atom is 0.149 e. The normalized spacial score (nSPS) is 12.7. The summed E-state index contributed by atoms with van der Waals surface area (Å²) in [5.41, 5.74) is 0. The Morgan fingerprint density at radius 3 is 2.27 bits per heavy atom. The zero-order valence-corrected chi connectivity index (χ0v) is 11.9. The topological polar surface area (TPSA) is 26.3 Å². The molecule has 0 bridgehead atoms. The van der Waals surface area contributed by atoms with Crippen molar-refractivity contribution in [1.82, 2.24) is 0 Å². The van der Waals surface area contributed by atoms with Gasteiger partial charge in [-0.3, -0.25) is 0 Å². The summed E-state index contributed by atoms with van der Waals surface area (Å²) < 4.78 is 6.15. The smallest absolute Gasteiger partial charge is 0.149 e. The van der Waals surface area contributed by atoms with E-state index in [-0.39, 0.29) is 6.10 Å². The fourth-order valence-electron chi connectivity index (χ4n) is 1.41. The van der Waals surface area contributed by atoms with Crippen LogP contribution in [0.25, 0.3) is 0 Å². The molecule has 0 aliphatic carbocycles. The van der Waals surface area contributed by atoms with Gasteiger partial charge in [-0.25, -0.2) is 0 Å². The van der Waals surface area contributed by atoms with E-state index in [1.54, 1.807) is 0 Å². The zero-order chi connectivity index (χ0) is 11.4. The molecule has 0 amide bonds. The molecule has 0 heterocycles. The number of hydrogen-bond donors (Lipinski definition) is 0. The number of halogens is 1. The Kier molecular flexibility index (Phi) is 12.7. The quantitative estimate of drug-likeness (QED) is 0.250. The van der Waals surface area contributed by atoms with Crippen molar-refractivity contribution < 1.29 is 9.53 Å². The van der Waals surface area contributed by atoms with Gasteiger partial charge < -0.3 is 9.53 Å². The first-order chi connectivity index (χ1) is 7.35. The highest BCUT2D eigenvalue weighted by atomic mass is 127. The summed E-state index contributed by atoms with van der Waals surface area (Å²) in [5.74, 6) is 0. The number of aldehydes is 1. The van der Waals surface area contributed by atoms with E-state index in [0.717, 1.165) is 23.7 Å².